The summed E-state index contributed by atoms with van der Waals surface area (Å²) in [6, 6.07) is 5.94. The van der Waals surface area contributed by atoms with Crippen LogP contribution in [0.15, 0.2) is 18.2 Å². The number of hydrogen-bond donors (Lipinski definition) is 0. The molecule has 0 spiro atoms. The second kappa shape index (κ2) is 10.8. The Bertz CT molecular complexity index is 393. The number of alkyl halides is 1. The number of hydrogen-bond acceptors (Lipinski definition) is 2. The second-order valence-corrected chi connectivity index (χ2v) is 6.02. The molecule has 1 atom stereocenters. The van der Waals surface area contributed by atoms with Crippen molar-refractivity contribution in [3.63, 3.8) is 0 Å². The molecule has 0 radical (unpaired) electrons. The number of unbranched alkanes of at least 4 members (excludes halogenated alkanes) is 6. The Labute approximate surface area is 134 Å². The van der Waals surface area contributed by atoms with E-state index < -0.39 is 0 Å². The van der Waals surface area contributed by atoms with E-state index in [0.717, 1.165) is 23.5 Å². The van der Waals surface area contributed by atoms with Crippen molar-refractivity contribution < 1.29 is 9.47 Å². The van der Waals surface area contributed by atoms with E-state index in [0.29, 0.717) is 0 Å². The lowest BCUT2D eigenvalue weighted by Crippen LogP contribution is -1.95. The van der Waals surface area contributed by atoms with Crippen molar-refractivity contribution in [3.8, 4) is 11.5 Å². The first-order valence-corrected chi connectivity index (χ1v) is 8.52. The smallest absolute Gasteiger partial charge is 0.161 e. The Morgan fingerprint density at radius 3 is 2.14 bits per heavy atom. The molecular weight excluding hydrogens is 284 g/mol. The minimum absolute atomic E-state index is 0.0560. The molecule has 1 aromatic rings. The van der Waals surface area contributed by atoms with Crippen LogP contribution in [-0.2, 0) is 0 Å². The summed E-state index contributed by atoms with van der Waals surface area (Å²) in [5, 5.41) is 0.0560. The molecular formula is C18H29ClO2. The SMILES string of the molecule is CCCCCCCCCC(Cl)c1ccc(OC)c(OC)c1. The molecule has 2 nitrogen and oxygen atoms in total. The van der Waals surface area contributed by atoms with Crippen molar-refractivity contribution in [2.75, 3.05) is 14.2 Å². The fourth-order valence-corrected chi connectivity index (χ4v) is 2.79. The highest BCUT2D eigenvalue weighted by Gasteiger charge is 2.11. The summed E-state index contributed by atoms with van der Waals surface area (Å²) in [5.74, 6) is 1.50. The van der Waals surface area contributed by atoms with E-state index in [4.69, 9.17) is 21.1 Å². The summed E-state index contributed by atoms with van der Waals surface area (Å²) in [5.41, 5.74) is 1.11. The number of rotatable bonds is 11. The maximum atomic E-state index is 6.50. The number of benzene rings is 1. The molecule has 0 aliphatic rings. The third-order valence-electron chi connectivity index (χ3n) is 3.83. The van der Waals surface area contributed by atoms with Crippen molar-refractivity contribution in [2.45, 2.75) is 63.7 Å². The van der Waals surface area contributed by atoms with Crippen LogP contribution in [-0.4, -0.2) is 14.2 Å². The molecule has 1 rings (SSSR count). The van der Waals surface area contributed by atoms with Gasteiger partial charge < -0.3 is 9.47 Å². The highest BCUT2D eigenvalue weighted by molar-refractivity contribution is 6.20. The number of halogens is 1. The van der Waals surface area contributed by atoms with E-state index in [2.05, 4.69) is 6.92 Å². The van der Waals surface area contributed by atoms with Crippen LogP contribution in [0, 0.1) is 0 Å². The fraction of sp³-hybridized carbons (Fsp3) is 0.667. The van der Waals surface area contributed by atoms with Crippen molar-refractivity contribution in [1.29, 1.82) is 0 Å². The molecule has 3 heteroatoms. The lowest BCUT2D eigenvalue weighted by molar-refractivity contribution is 0.354. The quantitative estimate of drug-likeness (QED) is 0.362. The van der Waals surface area contributed by atoms with Gasteiger partial charge in [0.15, 0.2) is 11.5 Å². The minimum Gasteiger partial charge on any atom is -0.493 e. The maximum absolute atomic E-state index is 6.50. The van der Waals surface area contributed by atoms with E-state index in [1.54, 1.807) is 14.2 Å². The van der Waals surface area contributed by atoms with Gasteiger partial charge in [-0.1, -0.05) is 57.9 Å². The molecule has 1 aromatic carbocycles. The van der Waals surface area contributed by atoms with Crippen LogP contribution < -0.4 is 9.47 Å². The number of methoxy groups -OCH3 is 2. The van der Waals surface area contributed by atoms with Gasteiger partial charge in [0.2, 0.25) is 0 Å². The predicted molar refractivity (Wildman–Crippen MR) is 90.8 cm³/mol. The van der Waals surface area contributed by atoms with Gasteiger partial charge in [-0.05, 0) is 24.1 Å². The summed E-state index contributed by atoms with van der Waals surface area (Å²) in [6.45, 7) is 2.25. The van der Waals surface area contributed by atoms with Crippen molar-refractivity contribution in [3.05, 3.63) is 23.8 Å². The van der Waals surface area contributed by atoms with Crippen LogP contribution >= 0.6 is 11.6 Å². The second-order valence-electron chi connectivity index (χ2n) is 5.49. The molecule has 0 N–H and O–H groups in total. The maximum Gasteiger partial charge on any atom is 0.161 e. The zero-order valence-electron chi connectivity index (χ0n) is 13.7. The first-order chi connectivity index (χ1) is 10.2. The Hall–Kier alpha value is -0.890. The lowest BCUT2D eigenvalue weighted by Gasteiger charge is -2.13. The minimum atomic E-state index is 0.0560. The van der Waals surface area contributed by atoms with Gasteiger partial charge in [-0.15, -0.1) is 11.6 Å². The summed E-state index contributed by atoms with van der Waals surface area (Å²) in [7, 11) is 3.30. The monoisotopic (exact) mass is 312 g/mol. The summed E-state index contributed by atoms with van der Waals surface area (Å²) in [4.78, 5) is 0. The molecule has 0 bridgehead atoms. The van der Waals surface area contributed by atoms with Gasteiger partial charge in [0.25, 0.3) is 0 Å². The van der Waals surface area contributed by atoms with Crippen LogP contribution in [0.4, 0.5) is 0 Å². The van der Waals surface area contributed by atoms with Crippen molar-refractivity contribution in [2.24, 2.45) is 0 Å². The highest BCUT2D eigenvalue weighted by Crippen LogP contribution is 2.34. The van der Waals surface area contributed by atoms with Crippen LogP contribution in [0.25, 0.3) is 0 Å². The first-order valence-electron chi connectivity index (χ1n) is 8.09. The molecule has 0 aliphatic heterocycles. The molecule has 0 fully saturated rings. The van der Waals surface area contributed by atoms with Gasteiger partial charge in [-0.3, -0.25) is 0 Å². The first kappa shape index (κ1) is 18.2. The third kappa shape index (κ3) is 6.60. The Morgan fingerprint density at radius 1 is 0.905 bits per heavy atom. The van der Waals surface area contributed by atoms with E-state index in [9.17, 15) is 0 Å². The van der Waals surface area contributed by atoms with Gasteiger partial charge in [-0.2, -0.15) is 0 Å². The topological polar surface area (TPSA) is 18.5 Å². The summed E-state index contributed by atoms with van der Waals surface area (Å²) < 4.78 is 10.6. The summed E-state index contributed by atoms with van der Waals surface area (Å²) >= 11 is 6.50. The normalized spacial score (nSPS) is 12.2. The predicted octanol–water partition coefficient (Wildman–Crippen LogP) is 6.12. The van der Waals surface area contributed by atoms with Crippen molar-refractivity contribution in [1.82, 2.24) is 0 Å². The molecule has 0 saturated heterocycles. The van der Waals surface area contributed by atoms with E-state index in [-0.39, 0.29) is 5.38 Å². The molecule has 120 valence electrons. The Morgan fingerprint density at radius 2 is 1.52 bits per heavy atom. The van der Waals surface area contributed by atoms with Gasteiger partial charge in [0, 0.05) is 0 Å². The van der Waals surface area contributed by atoms with Gasteiger partial charge in [-0.25, -0.2) is 0 Å². The zero-order valence-corrected chi connectivity index (χ0v) is 14.4. The molecule has 0 amide bonds. The van der Waals surface area contributed by atoms with E-state index in [1.165, 1.54) is 44.9 Å². The van der Waals surface area contributed by atoms with Crippen molar-refractivity contribution >= 4 is 11.6 Å². The van der Waals surface area contributed by atoms with Gasteiger partial charge >= 0.3 is 0 Å². The van der Waals surface area contributed by atoms with Crippen LogP contribution in [0.1, 0.15) is 69.2 Å². The molecule has 0 saturated carbocycles. The number of ether oxygens (including phenoxy) is 2. The molecule has 21 heavy (non-hydrogen) atoms. The van der Waals surface area contributed by atoms with Crippen LogP contribution in [0.3, 0.4) is 0 Å². The van der Waals surface area contributed by atoms with Gasteiger partial charge in [0.1, 0.15) is 0 Å². The standard InChI is InChI=1S/C18H29ClO2/c1-4-5-6-7-8-9-10-11-16(19)15-12-13-17(20-2)18(14-15)21-3/h12-14,16H,4-11H2,1-3H3. The zero-order chi connectivity index (χ0) is 15.5. The average Bonchev–Trinajstić information content (AvgIpc) is 2.53. The Balaban J connectivity index is 2.33. The van der Waals surface area contributed by atoms with E-state index in [1.807, 2.05) is 18.2 Å². The fourth-order valence-electron chi connectivity index (χ4n) is 2.49. The summed E-state index contributed by atoms with van der Waals surface area (Å²) in [6.07, 6.45) is 10.2. The van der Waals surface area contributed by atoms with Crippen LogP contribution in [0.2, 0.25) is 0 Å². The molecule has 1 unspecified atom stereocenters. The molecule has 0 aromatic heterocycles. The average molecular weight is 313 g/mol. The third-order valence-corrected chi connectivity index (χ3v) is 4.30. The largest absolute Gasteiger partial charge is 0.493 e. The molecule has 0 heterocycles. The lowest BCUT2D eigenvalue weighted by atomic mass is 10.0. The van der Waals surface area contributed by atoms with Gasteiger partial charge in [0.05, 0.1) is 19.6 Å². The van der Waals surface area contributed by atoms with Crippen LogP contribution in [0.5, 0.6) is 11.5 Å². The highest BCUT2D eigenvalue weighted by atomic mass is 35.5. The molecule has 0 aliphatic carbocycles. The van der Waals surface area contributed by atoms with E-state index >= 15 is 0 Å². The Kier molecular flexibility index (Phi) is 9.32.